The van der Waals surface area contributed by atoms with Crippen LogP contribution in [0.25, 0.3) is 21.9 Å². The first kappa shape index (κ1) is 16.2. The van der Waals surface area contributed by atoms with Gasteiger partial charge in [0.1, 0.15) is 11.3 Å². The summed E-state index contributed by atoms with van der Waals surface area (Å²) in [4.78, 5) is 20.6. The smallest absolute Gasteiger partial charge is 0.193 e. The molecule has 0 amide bonds. The largest absolute Gasteiger partial charge is 0.382 e. The van der Waals surface area contributed by atoms with Crippen molar-refractivity contribution in [3.8, 4) is 0 Å². The van der Waals surface area contributed by atoms with Gasteiger partial charge in [-0.3, -0.25) is 4.79 Å². The van der Waals surface area contributed by atoms with Crippen LogP contribution in [-0.2, 0) is 11.3 Å². The number of rotatable bonds is 4. The first-order valence-electron chi connectivity index (χ1n) is 7.48. The average Bonchev–Trinajstić information content (AvgIpc) is 2.75. The molecule has 2 heterocycles. The molecule has 3 rings (SSSR count). The van der Waals surface area contributed by atoms with Crippen LogP contribution in [0.1, 0.15) is 26.1 Å². The van der Waals surface area contributed by atoms with Crippen LogP contribution in [0.4, 0.5) is 5.82 Å². The van der Waals surface area contributed by atoms with E-state index in [0.717, 1.165) is 27.8 Å². The number of aromatic nitrogens is 3. The number of carbonyl (C=O) groups excluding carboxylic acids is 1. The molecule has 0 fully saturated rings. The van der Waals surface area contributed by atoms with Crippen LogP contribution in [-0.4, -0.2) is 18.3 Å². The number of nitrogens with two attached hydrogens (primary N) is 1. The van der Waals surface area contributed by atoms with Crippen molar-refractivity contribution >= 4 is 54.1 Å². The molecule has 0 aliphatic carbocycles. The predicted molar refractivity (Wildman–Crippen MR) is 102 cm³/mol. The van der Waals surface area contributed by atoms with Crippen molar-refractivity contribution in [2.75, 3.05) is 5.73 Å². The van der Waals surface area contributed by atoms with Crippen molar-refractivity contribution < 1.29 is 4.79 Å². The van der Waals surface area contributed by atoms with Crippen molar-refractivity contribution in [3.05, 3.63) is 30.1 Å². The highest BCUT2D eigenvalue weighted by Crippen LogP contribution is 2.32. The number of aryl methyl sites for hydroxylation is 1. The van der Waals surface area contributed by atoms with E-state index in [0.29, 0.717) is 18.8 Å². The predicted octanol–water partition coefficient (Wildman–Crippen LogP) is 3.85. The van der Waals surface area contributed by atoms with E-state index < -0.39 is 0 Å². The van der Waals surface area contributed by atoms with E-state index in [1.807, 2.05) is 53.8 Å². The number of halogens is 1. The molecule has 0 radical (unpaired) electrons. The minimum absolute atomic E-state index is 0.157. The highest BCUT2D eigenvalue weighted by molar-refractivity contribution is 14.1. The normalized spacial score (nSPS) is 12.2. The maximum atomic E-state index is 11.5. The van der Waals surface area contributed by atoms with Gasteiger partial charge < -0.3 is 10.3 Å². The first-order valence-corrected chi connectivity index (χ1v) is 8.56. The number of benzene rings is 1. The number of para-hydroxylation sites is 1. The third-order valence-electron chi connectivity index (χ3n) is 4.00. The summed E-state index contributed by atoms with van der Waals surface area (Å²) in [5.74, 6) is 1.34. The zero-order chi connectivity index (χ0) is 16.8. The van der Waals surface area contributed by atoms with Crippen molar-refractivity contribution in [1.29, 1.82) is 0 Å². The quantitative estimate of drug-likeness (QED) is 0.512. The number of imidazole rings is 1. The van der Waals surface area contributed by atoms with Crippen molar-refractivity contribution in [1.82, 2.24) is 14.5 Å². The Balaban J connectivity index is 2.24. The summed E-state index contributed by atoms with van der Waals surface area (Å²) in [5.41, 5.74) is 8.55. The summed E-state index contributed by atoms with van der Waals surface area (Å²) in [6, 6.07) is 7.94. The number of nitrogens with zero attached hydrogens (tertiary/aromatic N) is 3. The number of pyridine rings is 1. The summed E-state index contributed by atoms with van der Waals surface area (Å²) in [7, 11) is 0. The molecule has 0 saturated heterocycles. The number of anilines is 1. The van der Waals surface area contributed by atoms with Crippen molar-refractivity contribution in [2.45, 2.75) is 33.7 Å². The monoisotopic (exact) mass is 422 g/mol. The highest BCUT2D eigenvalue weighted by Gasteiger charge is 2.25. The molecule has 3 aromatic rings. The molecule has 23 heavy (non-hydrogen) atoms. The molecule has 0 aliphatic heterocycles. The minimum Gasteiger partial charge on any atom is -0.382 e. The number of fused-ring (bicyclic) bond motifs is 3. The Kier molecular flexibility index (Phi) is 4.03. The van der Waals surface area contributed by atoms with Gasteiger partial charge in [0.25, 0.3) is 0 Å². The SMILES string of the molecule is Cc1nc2c(N)nc3ccccc3c2n1CC(C)(C)CC(=O)I. The number of hydrogen-bond acceptors (Lipinski definition) is 4. The van der Waals surface area contributed by atoms with E-state index in [1.54, 1.807) is 0 Å². The van der Waals surface area contributed by atoms with Gasteiger partial charge in [-0.05, 0) is 41.0 Å². The molecule has 5 nitrogen and oxygen atoms in total. The maximum absolute atomic E-state index is 11.5. The Morgan fingerprint density at radius 3 is 2.70 bits per heavy atom. The topological polar surface area (TPSA) is 73.8 Å². The second kappa shape index (κ2) is 5.74. The Hall–Kier alpha value is -1.70. The molecular formula is C17H19IN4O. The Bertz CT molecular complexity index is 914. The van der Waals surface area contributed by atoms with Crippen LogP contribution in [0.15, 0.2) is 24.3 Å². The van der Waals surface area contributed by atoms with Crippen LogP contribution >= 0.6 is 22.6 Å². The zero-order valence-corrected chi connectivity index (χ0v) is 15.6. The lowest BCUT2D eigenvalue weighted by molar-refractivity contribution is -0.111. The summed E-state index contributed by atoms with van der Waals surface area (Å²) in [5, 5.41) is 1.04. The van der Waals surface area contributed by atoms with Gasteiger partial charge in [0, 0.05) is 18.4 Å². The molecule has 1 aromatic carbocycles. The van der Waals surface area contributed by atoms with Gasteiger partial charge in [-0.1, -0.05) is 32.0 Å². The van der Waals surface area contributed by atoms with E-state index >= 15 is 0 Å². The van der Waals surface area contributed by atoms with Crippen LogP contribution < -0.4 is 5.73 Å². The summed E-state index contributed by atoms with van der Waals surface area (Å²) < 4.78 is 2.33. The first-order chi connectivity index (χ1) is 10.8. The third kappa shape index (κ3) is 3.04. The lowest BCUT2D eigenvalue weighted by atomic mass is 9.90. The van der Waals surface area contributed by atoms with Crippen molar-refractivity contribution in [2.24, 2.45) is 5.41 Å². The number of hydrogen-bond donors (Lipinski definition) is 1. The number of nitrogen functional groups attached to an aromatic ring is 1. The molecule has 0 spiro atoms. The summed E-state index contributed by atoms with van der Waals surface area (Å²) in [6.45, 7) is 6.87. The lowest BCUT2D eigenvalue weighted by Crippen LogP contribution is -2.22. The van der Waals surface area contributed by atoms with Crippen molar-refractivity contribution in [3.63, 3.8) is 0 Å². The van der Waals surface area contributed by atoms with Crippen LogP contribution in [0.2, 0.25) is 0 Å². The molecule has 6 heteroatoms. The van der Waals surface area contributed by atoms with Gasteiger partial charge >= 0.3 is 0 Å². The maximum Gasteiger partial charge on any atom is 0.193 e. The second-order valence-corrected chi connectivity index (χ2v) is 7.86. The summed E-state index contributed by atoms with van der Waals surface area (Å²) >= 11 is 1.86. The van der Waals surface area contributed by atoms with Gasteiger partial charge in [0.05, 0.1) is 11.0 Å². The Morgan fingerprint density at radius 1 is 1.30 bits per heavy atom. The fraction of sp³-hybridized carbons (Fsp3) is 0.353. The zero-order valence-electron chi connectivity index (χ0n) is 13.4. The van der Waals surface area contributed by atoms with Gasteiger partial charge in [0.2, 0.25) is 0 Å². The van der Waals surface area contributed by atoms with E-state index in [1.165, 1.54) is 0 Å². The fourth-order valence-corrected chi connectivity index (χ4v) is 4.06. The molecule has 2 aromatic heterocycles. The average molecular weight is 422 g/mol. The van der Waals surface area contributed by atoms with Gasteiger partial charge in [-0.25, -0.2) is 9.97 Å². The molecule has 0 bridgehead atoms. The standard InChI is InChI=1S/C17H19IN4O/c1-10-20-14-15(22(10)9-17(2,3)8-13(18)23)11-6-4-5-7-12(11)21-16(14)19/h4-7H,8-9H2,1-3H3,(H2,19,21). The molecule has 0 saturated carbocycles. The Labute approximate surface area is 148 Å². The molecule has 0 unspecified atom stereocenters. The molecule has 120 valence electrons. The highest BCUT2D eigenvalue weighted by atomic mass is 127. The van der Waals surface area contributed by atoms with E-state index in [2.05, 4.69) is 28.4 Å². The molecule has 0 aliphatic rings. The van der Waals surface area contributed by atoms with Crippen LogP contribution in [0.3, 0.4) is 0 Å². The number of carbonyl (C=O) groups is 1. The molecule has 0 atom stereocenters. The van der Waals surface area contributed by atoms with Gasteiger partial charge in [-0.2, -0.15) is 0 Å². The van der Waals surface area contributed by atoms with Gasteiger partial charge in [-0.15, -0.1) is 0 Å². The Morgan fingerprint density at radius 2 is 2.00 bits per heavy atom. The molecular weight excluding hydrogens is 403 g/mol. The van der Waals surface area contributed by atoms with Gasteiger partial charge in [0.15, 0.2) is 9.61 Å². The van der Waals surface area contributed by atoms with E-state index in [-0.39, 0.29) is 9.20 Å². The molecule has 2 N–H and O–H groups in total. The second-order valence-electron chi connectivity index (χ2n) is 6.65. The van der Waals surface area contributed by atoms with E-state index in [4.69, 9.17) is 5.73 Å². The lowest BCUT2D eigenvalue weighted by Gasteiger charge is -2.24. The summed E-state index contributed by atoms with van der Waals surface area (Å²) in [6.07, 6.45) is 0.519. The van der Waals surface area contributed by atoms with Crippen LogP contribution in [0.5, 0.6) is 0 Å². The van der Waals surface area contributed by atoms with Crippen LogP contribution in [0, 0.1) is 12.3 Å². The third-order valence-corrected chi connectivity index (χ3v) is 4.39. The minimum atomic E-state index is -0.157. The fourth-order valence-electron chi connectivity index (χ4n) is 3.02. The van der Waals surface area contributed by atoms with E-state index in [9.17, 15) is 4.79 Å².